The minimum absolute atomic E-state index is 0.0628. The average Bonchev–Trinajstić information content (AvgIpc) is 2.10. The van der Waals surface area contributed by atoms with Crippen LogP contribution < -0.4 is 5.32 Å². The smallest absolute Gasteiger partial charge is 0.395 e. The highest BCUT2D eigenvalue weighted by atomic mass is 19.4. The van der Waals surface area contributed by atoms with E-state index >= 15 is 0 Å². The van der Waals surface area contributed by atoms with Gasteiger partial charge in [-0.3, -0.25) is 4.90 Å². The van der Waals surface area contributed by atoms with Gasteiger partial charge in [-0.05, 0) is 13.0 Å². The van der Waals surface area contributed by atoms with Crippen molar-refractivity contribution in [3.8, 4) is 0 Å². The second-order valence-corrected chi connectivity index (χ2v) is 3.36. The summed E-state index contributed by atoms with van der Waals surface area (Å²) in [5, 5.41) is 11.6. The third-order valence-electron chi connectivity index (χ3n) is 1.85. The highest BCUT2D eigenvalue weighted by molar-refractivity contribution is 4.64. The van der Waals surface area contributed by atoms with Gasteiger partial charge in [0.1, 0.15) is 0 Å². The summed E-state index contributed by atoms with van der Waals surface area (Å²) in [5.41, 5.74) is 0. The number of alkyl halides is 3. The summed E-state index contributed by atoms with van der Waals surface area (Å²) in [6.45, 7) is 2.48. The molecule has 0 aromatic rings. The predicted octanol–water partition coefficient (Wildman–Crippen LogP) is 0.843. The van der Waals surface area contributed by atoms with Gasteiger partial charge in [-0.15, -0.1) is 0 Å². The van der Waals surface area contributed by atoms with Crippen molar-refractivity contribution >= 4 is 0 Å². The van der Waals surface area contributed by atoms with Gasteiger partial charge in [0.25, 0.3) is 0 Å². The summed E-state index contributed by atoms with van der Waals surface area (Å²) < 4.78 is 36.2. The van der Waals surface area contributed by atoms with Crippen molar-refractivity contribution in [2.45, 2.75) is 19.5 Å². The Morgan fingerprint density at radius 3 is 2.33 bits per heavy atom. The molecule has 0 amide bonds. The molecule has 0 bridgehead atoms. The van der Waals surface area contributed by atoms with E-state index in [0.717, 1.165) is 13.0 Å². The van der Waals surface area contributed by atoms with Crippen LogP contribution in [0.2, 0.25) is 0 Å². The van der Waals surface area contributed by atoms with Crippen molar-refractivity contribution in [2.75, 3.05) is 39.3 Å². The van der Waals surface area contributed by atoms with Crippen LogP contribution >= 0.6 is 0 Å². The maximum Gasteiger partial charge on any atom is 0.401 e. The van der Waals surface area contributed by atoms with Crippen molar-refractivity contribution in [3.05, 3.63) is 0 Å². The van der Waals surface area contributed by atoms with Gasteiger partial charge in [0, 0.05) is 19.6 Å². The molecule has 0 saturated heterocycles. The zero-order valence-corrected chi connectivity index (χ0v) is 8.98. The Morgan fingerprint density at radius 2 is 1.87 bits per heavy atom. The Hall–Kier alpha value is -0.330. The Morgan fingerprint density at radius 1 is 1.20 bits per heavy atom. The summed E-state index contributed by atoms with van der Waals surface area (Å²) in [6, 6.07) is 0. The van der Waals surface area contributed by atoms with Gasteiger partial charge in [-0.1, -0.05) is 6.92 Å². The molecule has 0 unspecified atom stereocenters. The molecule has 0 rings (SSSR count). The van der Waals surface area contributed by atoms with Gasteiger partial charge in [0.05, 0.1) is 13.2 Å². The van der Waals surface area contributed by atoms with E-state index in [9.17, 15) is 13.2 Å². The highest BCUT2D eigenvalue weighted by Crippen LogP contribution is 2.15. The Labute approximate surface area is 88.3 Å². The first-order valence-electron chi connectivity index (χ1n) is 5.10. The zero-order valence-electron chi connectivity index (χ0n) is 8.98. The van der Waals surface area contributed by atoms with Crippen LogP contribution in [0.5, 0.6) is 0 Å². The summed E-state index contributed by atoms with van der Waals surface area (Å²) >= 11 is 0. The Kier molecular flexibility index (Phi) is 7.72. The monoisotopic (exact) mass is 228 g/mol. The maximum absolute atomic E-state index is 12.1. The summed E-state index contributed by atoms with van der Waals surface area (Å²) in [4.78, 5) is 1.20. The summed E-state index contributed by atoms with van der Waals surface area (Å²) in [7, 11) is 0. The van der Waals surface area contributed by atoms with Gasteiger partial charge < -0.3 is 10.4 Å². The largest absolute Gasteiger partial charge is 0.401 e. The molecule has 0 fully saturated rings. The van der Waals surface area contributed by atoms with Crippen LogP contribution in [0.15, 0.2) is 0 Å². The van der Waals surface area contributed by atoms with Gasteiger partial charge in [0.2, 0.25) is 0 Å². The number of aliphatic hydroxyl groups excluding tert-OH is 1. The fourth-order valence-corrected chi connectivity index (χ4v) is 1.20. The van der Waals surface area contributed by atoms with Gasteiger partial charge >= 0.3 is 6.18 Å². The summed E-state index contributed by atoms with van der Waals surface area (Å²) in [6.07, 6.45) is -3.24. The molecule has 15 heavy (non-hydrogen) atoms. The highest BCUT2D eigenvalue weighted by Gasteiger charge is 2.30. The molecule has 0 heterocycles. The number of aliphatic hydroxyl groups is 1. The van der Waals surface area contributed by atoms with Crippen LogP contribution in [0.1, 0.15) is 13.3 Å². The first kappa shape index (κ1) is 14.7. The molecule has 0 aliphatic carbocycles. The lowest BCUT2D eigenvalue weighted by Gasteiger charge is -2.22. The molecular formula is C9H19F3N2O. The van der Waals surface area contributed by atoms with Crippen LogP contribution in [0.3, 0.4) is 0 Å². The SMILES string of the molecule is CCCNCCN(CCO)CC(F)(F)F. The van der Waals surface area contributed by atoms with E-state index in [1.807, 2.05) is 6.92 Å². The van der Waals surface area contributed by atoms with Crippen molar-refractivity contribution in [3.63, 3.8) is 0 Å². The predicted molar refractivity (Wildman–Crippen MR) is 52.7 cm³/mol. The van der Waals surface area contributed by atoms with Gasteiger partial charge in [-0.2, -0.15) is 13.2 Å². The van der Waals surface area contributed by atoms with E-state index in [4.69, 9.17) is 5.11 Å². The van der Waals surface area contributed by atoms with Crippen LogP contribution in [0.4, 0.5) is 13.2 Å². The Balaban J connectivity index is 3.73. The van der Waals surface area contributed by atoms with Crippen molar-refractivity contribution in [1.29, 1.82) is 0 Å². The van der Waals surface area contributed by atoms with E-state index in [2.05, 4.69) is 5.32 Å². The molecule has 0 spiro atoms. The topological polar surface area (TPSA) is 35.5 Å². The first-order chi connectivity index (χ1) is 6.99. The molecule has 0 aliphatic heterocycles. The molecule has 92 valence electrons. The van der Waals surface area contributed by atoms with Gasteiger partial charge in [0.15, 0.2) is 0 Å². The number of nitrogens with one attached hydrogen (secondary N) is 1. The number of nitrogens with zero attached hydrogens (tertiary/aromatic N) is 1. The van der Waals surface area contributed by atoms with Crippen LogP contribution in [0.25, 0.3) is 0 Å². The maximum atomic E-state index is 12.1. The third kappa shape index (κ3) is 9.96. The third-order valence-corrected chi connectivity index (χ3v) is 1.85. The number of rotatable bonds is 8. The van der Waals surface area contributed by atoms with E-state index < -0.39 is 12.7 Å². The van der Waals surface area contributed by atoms with Crippen molar-refractivity contribution in [2.24, 2.45) is 0 Å². The molecule has 0 aromatic carbocycles. The second kappa shape index (κ2) is 7.90. The normalized spacial score (nSPS) is 12.4. The average molecular weight is 228 g/mol. The van der Waals surface area contributed by atoms with Crippen molar-refractivity contribution in [1.82, 2.24) is 10.2 Å². The molecule has 3 nitrogen and oxygen atoms in total. The number of hydrogen-bond donors (Lipinski definition) is 2. The lowest BCUT2D eigenvalue weighted by atomic mass is 10.4. The van der Waals surface area contributed by atoms with Crippen LogP contribution in [0, 0.1) is 0 Å². The zero-order chi connectivity index (χ0) is 11.7. The first-order valence-corrected chi connectivity index (χ1v) is 5.10. The van der Waals surface area contributed by atoms with Crippen LogP contribution in [-0.2, 0) is 0 Å². The molecule has 0 aliphatic rings. The van der Waals surface area contributed by atoms with E-state index in [0.29, 0.717) is 13.1 Å². The fraction of sp³-hybridized carbons (Fsp3) is 1.00. The number of hydrogen-bond acceptors (Lipinski definition) is 3. The van der Waals surface area contributed by atoms with Gasteiger partial charge in [-0.25, -0.2) is 0 Å². The lowest BCUT2D eigenvalue weighted by Crippen LogP contribution is -2.40. The molecule has 2 N–H and O–H groups in total. The van der Waals surface area contributed by atoms with Crippen molar-refractivity contribution < 1.29 is 18.3 Å². The summed E-state index contributed by atoms with van der Waals surface area (Å²) in [5.74, 6) is 0. The fourth-order valence-electron chi connectivity index (χ4n) is 1.20. The molecule has 0 aromatic heterocycles. The minimum Gasteiger partial charge on any atom is -0.395 e. The van der Waals surface area contributed by atoms with Crippen LogP contribution in [-0.4, -0.2) is 55.5 Å². The van der Waals surface area contributed by atoms with E-state index in [-0.39, 0.29) is 13.2 Å². The molecule has 0 saturated carbocycles. The standard InChI is InChI=1S/C9H19F3N2O/c1-2-3-13-4-5-14(6-7-15)8-9(10,11)12/h13,15H,2-8H2,1H3. The molecular weight excluding hydrogens is 209 g/mol. The molecule has 0 radical (unpaired) electrons. The Bertz CT molecular complexity index is 153. The molecule has 6 heteroatoms. The number of halogens is 3. The minimum atomic E-state index is -4.19. The van der Waals surface area contributed by atoms with E-state index in [1.54, 1.807) is 0 Å². The quantitative estimate of drug-likeness (QED) is 0.604. The lowest BCUT2D eigenvalue weighted by molar-refractivity contribution is -0.146. The molecule has 0 atom stereocenters. The second-order valence-electron chi connectivity index (χ2n) is 3.36. The van der Waals surface area contributed by atoms with E-state index in [1.165, 1.54) is 4.90 Å².